The van der Waals surface area contributed by atoms with Crippen molar-refractivity contribution in [1.29, 1.82) is 0 Å². The number of hydrogen-bond donors (Lipinski definition) is 0. The van der Waals surface area contributed by atoms with Gasteiger partial charge in [-0.1, -0.05) is 6.07 Å². The van der Waals surface area contributed by atoms with Crippen LogP contribution in [0.2, 0.25) is 0 Å². The zero-order valence-corrected chi connectivity index (χ0v) is 14.3. The number of rotatable bonds is 4. The zero-order chi connectivity index (χ0) is 18.9. The summed E-state index contributed by atoms with van der Waals surface area (Å²) in [6.07, 6.45) is -2.75. The van der Waals surface area contributed by atoms with Gasteiger partial charge in [-0.3, -0.25) is 4.98 Å². The molecule has 3 aromatic rings. The van der Waals surface area contributed by atoms with Crippen LogP contribution in [0.4, 0.5) is 13.2 Å². The van der Waals surface area contributed by atoms with Crippen molar-refractivity contribution < 1.29 is 22.7 Å². The van der Waals surface area contributed by atoms with Gasteiger partial charge in [0, 0.05) is 35.8 Å². The fraction of sp³-hybridized carbons (Fsp3) is 0.263. The second kappa shape index (κ2) is 6.82. The second-order valence-electron chi connectivity index (χ2n) is 5.87. The largest absolute Gasteiger partial charge is 0.465 e. The molecule has 0 bridgehead atoms. The molecule has 1 aromatic carbocycles. The van der Waals surface area contributed by atoms with Gasteiger partial charge in [0.2, 0.25) is 0 Å². The van der Waals surface area contributed by atoms with Crippen molar-refractivity contribution in [3.05, 3.63) is 65.1 Å². The lowest BCUT2D eigenvalue weighted by molar-refractivity contribution is -0.141. The molecule has 26 heavy (non-hydrogen) atoms. The van der Waals surface area contributed by atoms with Crippen LogP contribution >= 0.6 is 0 Å². The van der Waals surface area contributed by atoms with E-state index in [0.29, 0.717) is 24.1 Å². The van der Waals surface area contributed by atoms with Gasteiger partial charge in [0.05, 0.1) is 12.7 Å². The van der Waals surface area contributed by atoms with Crippen LogP contribution in [-0.2, 0) is 23.9 Å². The van der Waals surface area contributed by atoms with Gasteiger partial charge in [-0.2, -0.15) is 13.2 Å². The third kappa shape index (κ3) is 3.42. The van der Waals surface area contributed by atoms with E-state index in [9.17, 15) is 18.0 Å². The first-order valence-corrected chi connectivity index (χ1v) is 8.06. The predicted molar refractivity (Wildman–Crippen MR) is 91.0 cm³/mol. The minimum absolute atomic E-state index is 0.412. The summed E-state index contributed by atoms with van der Waals surface area (Å²) in [5, 5.41) is 0.879. The van der Waals surface area contributed by atoms with E-state index in [0.717, 1.165) is 22.7 Å². The van der Waals surface area contributed by atoms with Crippen LogP contribution in [0.5, 0.6) is 0 Å². The maximum atomic E-state index is 12.6. The monoisotopic (exact) mass is 362 g/mol. The molecular weight excluding hydrogens is 345 g/mol. The van der Waals surface area contributed by atoms with Gasteiger partial charge in [0.25, 0.3) is 0 Å². The lowest BCUT2D eigenvalue weighted by Crippen LogP contribution is -2.08. The average molecular weight is 362 g/mol. The van der Waals surface area contributed by atoms with Gasteiger partial charge in [-0.15, -0.1) is 0 Å². The highest BCUT2D eigenvalue weighted by molar-refractivity contribution is 5.95. The summed E-state index contributed by atoms with van der Waals surface area (Å²) in [5.41, 5.74) is 2.13. The molecule has 0 aliphatic heterocycles. The van der Waals surface area contributed by atoms with Crippen molar-refractivity contribution in [2.24, 2.45) is 0 Å². The Morgan fingerprint density at radius 1 is 1.19 bits per heavy atom. The van der Waals surface area contributed by atoms with Gasteiger partial charge in [-0.05, 0) is 42.8 Å². The molecule has 0 N–H and O–H groups in total. The van der Waals surface area contributed by atoms with E-state index in [4.69, 9.17) is 4.74 Å². The molecule has 0 saturated heterocycles. The summed E-state index contributed by atoms with van der Waals surface area (Å²) >= 11 is 0. The summed E-state index contributed by atoms with van der Waals surface area (Å²) < 4.78 is 44.7. The summed E-state index contributed by atoms with van der Waals surface area (Å²) in [7, 11) is 1.33. The molecule has 3 rings (SSSR count). The highest BCUT2D eigenvalue weighted by atomic mass is 19.4. The number of carbonyl (C=O) groups excluding carboxylic acids is 1. The Hall–Kier alpha value is -2.83. The number of benzene rings is 1. The molecule has 0 fully saturated rings. The number of pyridine rings is 1. The molecule has 0 saturated carbocycles. The van der Waals surface area contributed by atoms with Gasteiger partial charge < -0.3 is 9.30 Å². The normalized spacial score (nSPS) is 11.7. The third-order valence-corrected chi connectivity index (χ3v) is 4.22. The zero-order valence-electron chi connectivity index (χ0n) is 14.3. The Morgan fingerprint density at radius 3 is 2.54 bits per heavy atom. The van der Waals surface area contributed by atoms with Gasteiger partial charge in [0.15, 0.2) is 0 Å². The van der Waals surface area contributed by atoms with Crippen molar-refractivity contribution in [2.75, 3.05) is 7.11 Å². The molecule has 2 aromatic heterocycles. The van der Waals surface area contributed by atoms with Gasteiger partial charge in [-0.25, -0.2) is 4.79 Å². The van der Waals surface area contributed by atoms with Crippen molar-refractivity contribution >= 4 is 16.9 Å². The Kier molecular flexibility index (Phi) is 4.71. The molecule has 0 spiro atoms. The van der Waals surface area contributed by atoms with Crippen LogP contribution in [-0.4, -0.2) is 22.6 Å². The molecule has 136 valence electrons. The highest BCUT2D eigenvalue weighted by Crippen LogP contribution is 2.28. The molecule has 0 aliphatic rings. The Bertz CT molecular complexity index is 944. The number of alkyl halides is 3. The van der Waals surface area contributed by atoms with E-state index in [1.807, 2.05) is 19.1 Å². The SMILES string of the molecule is CCn1c(Cc2ccc(C(F)(F)F)nc2)cc2cc(C(=O)OC)ccc21. The maximum absolute atomic E-state index is 12.6. The van der Waals surface area contributed by atoms with Crippen LogP contribution in [0, 0.1) is 0 Å². The number of esters is 1. The van der Waals surface area contributed by atoms with E-state index >= 15 is 0 Å². The quantitative estimate of drug-likeness (QED) is 0.644. The fourth-order valence-electron chi connectivity index (χ4n) is 3.00. The number of aromatic nitrogens is 2. The number of methoxy groups -OCH3 is 1. The summed E-state index contributed by atoms with van der Waals surface area (Å²) in [5.74, 6) is -0.412. The number of hydrogen-bond acceptors (Lipinski definition) is 3. The molecule has 0 radical (unpaired) electrons. The van der Waals surface area contributed by atoms with Crippen LogP contribution in [0.3, 0.4) is 0 Å². The molecular formula is C19H17F3N2O2. The first-order chi connectivity index (χ1) is 12.3. The van der Waals surface area contributed by atoms with Crippen LogP contribution < -0.4 is 0 Å². The van der Waals surface area contributed by atoms with Crippen LogP contribution in [0.15, 0.2) is 42.6 Å². The minimum Gasteiger partial charge on any atom is -0.465 e. The van der Waals surface area contributed by atoms with Crippen molar-refractivity contribution in [3.63, 3.8) is 0 Å². The highest BCUT2D eigenvalue weighted by Gasteiger charge is 2.32. The molecule has 4 nitrogen and oxygen atoms in total. The van der Waals surface area contributed by atoms with Crippen LogP contribution in [0.1, 0.15) is 34.2 Å². The summed E-state index contributed by atoms with van der Waals surface area (Å²) in [4.78, 5) is 15.2. The second-order valence-corrected chi connectivity index (χ2v) is 5.87. The standard InChI is InChI=1S/C19H17F3N2O2/c1-3-24-15(8-12-4-7-17(23-11-12)19(20,21)22)10-14-9-13(18(25)26-2)5-6-16(14)24/h4-7,9-11H,3,8H2,1-2H3. The van der Waals surface area contributed by atoms with Crippen molar-refractivity contribution in [3.8, 4) is 0 Å². The van der Waals surface area contributed by atoms with E-state index in [2.05, 4.69) is 9.55 Å². The maximum Gasteiger partial charge on any atom is 0.433 e. The Balaban J connectivity index is 1.95. The lowest BCUT2D eigenvalue weighted by atomic mass is 10.1. The first-order valence-electron chi connectivity index (χ1n) is 8.06. The smallest absolute Gasteiger partial charge is 0.433 e. The Labute approximate surface area is 148 Å². The number of fused-ring (bicyclic) bond motifs is 1. The first kappa shape index (κ1) is 18.0. The fourth-order valence-corrected chi connectivity index (χ4v) is 3.00. The third-order valence-electron chi connectivity index (χ3n) is 4.22. The van der Waals surface area contributed by atoms with Crippen LogP contribution in [0.25, 0.3) is 10.9 Å². The molecule has 0 atom stereocenters. The minimum atomic E-state index is -4.44. The topological polar surface area (TPSA) is 44.1 Å². The van der Waals surface area contributed by atoms with E-state index in [1.165, 1.54) is 19.4 Å². The number of carbonyl (C=O) groups is 1. The average Bonchev–Trinajstić information content (AvgIpc) is 2.96. The molecule has 7 heteroatoms. The van der Waals surface area contributed by atoms with Crippen molar-refractivity contribution in [1.82, 2.24) is 9.55 Å². The van der Waals surface area contributed by atoms with Gasteiger partial charge >= 0.3 is 12.1 Å². The van der Waals surface area contributed by atoms with E-state index < -0.39 is 17.8 Å². The van der Waals surface area contributed by atoms with E-state index in [1.54, 1.807) is 12.1 Å². The number of nitrogens with zero attached hydrogens (tertiary/aromatic N) is 2. The molecule has 2 heterocycles. The Morgan fingerprint density at radius 2 is 1.96 bits per heavy atom. The number of aryl methyl sites for hydroxylation is 1. The summed E-state index contributed by atoms with van der Waals surface area (Å²) in [6, 6.07) is 9.66. The van der Waals surface area contributed by atoms with Crippen molar-refractivity contribution in [2.45, 2.75) is 26.1 Å². The van der Waals surface area contributed by atoms with E-state index in [-0.39, 0.29) is 0 Å². The molecule has 0 amide bonds. The summed E-state index contributed by atoms with van der Waals surface area (Å²) in [6.45, 7) is 2.69. The van der Waals surface area contributed by atoms with Gasteiger partial charge in [0.1, 0.15) is 5.69 Å². The predicted octanol–water partition coefficient (Wildman–Crippen LogP) is 4.45. The number of ether oxygens (including phenoxy) is 1. The molecule has 0 aliphatic carbocycles. The lowest BCUT2D eigenvalue weighted by Gasteiger charge is -2.09. The molecule has 0 unspecified atom stereocenters. The number of halogens is 3.